The fourth-order valence-corrected chi connectivity index (χ4v) is 5.38. The average Bonchev–Trinajstić information content (AvgIpc) is 2.95. The Kier molecular flexibility index (Phi) is 6.47. The van der Waals surface area contributed by atoms with Gasteiger partial charge in [0.2, 0.25) is 5.91 Å². The number of rotatable bonds is 6. The Labute approximate surface area is 183 Å². The zero-order valence-electron chi connectivity index (χ0n) is 17.9. The molecule has 0 aliphatic heterocycles. The van der Waals surface area contributed by atoms with Gasteiger partial charge >= 0.3 is 0 Å². The Hall–Kier alpha value is -2.45. The Morgan fingerprint density at radius 1 is 1.13 bits per heavy atom. The van der Waals surface area contributed by atoms with Gasteiger partial charge in [0.1, 0.15) is 4.83 Å². The van der Waals surface area contributed by atoms with Crippen LogP contribution in [0.2, 0.25) is 0 Å². The summed E-state index contributed by atoms with van der Waals surface area (Å²) in [5.41, 5.74) is 2.11. The lowest BCUT2D eigenvalue weighted by molar-refractivity contribution is -0.114. The SMILES string of the molecule is CC(=O)Nc1ccc(C(=O)C(C)Sc2nc3sc(C)c(C)c3c(=O)n2C(C)C)cc1. The molecule has 0 saturated carbocycles. The number of thiophene rings is 1. The van der Waals surface area contributed by atoms with E-state index in [0.717, 1.165) is 10.4 Å². The number of carbonyl (C=O) groups excluding carboxylic acids is 2. The molecule has 1 N–H and O–H groups in total. The number of hydrogen-bond acceptors (Lipinski definition) is 6. The van der Waals surface area contributed by atoms with E-state index >= 15 is 0 Å². The molecule has 2 heterocycles. The van der Waals surface area contributed by atoms with Gasteiger partial charge in [-0.15, -0.1) is 11.3 Å². The molecule has 0 fully saturated rings. The second-order valence-corrected chi connectivity index (χ2v) is 10.0. The first-order chi connectivity index (χ1) is 14.1. The number of aryl methyl sites for hydroxylation is 2. The van der Waals surface area contributed by atoms with E-state index in [2.05, 4.69) is 5.32 Å². The number of hydrogen-bond donors (Lipinski definition) is 1. The second kappa shape index (κ2) is 8.73. The molecule has 3 aromatic rings. The van der Waals surface area contributed by atoms with E-state index in [1.165, 1.54) is 30.0 Å². The smallest absolute Gasteiger partial charge is 0.263 e. The fourth-order valence-electron chi connectivity index (χ4n) is 3.19. The van der Waals surface area contributed by atoms with Crippen LogP contribution in [0.3, 0.4) is 0 Å². The van der Waals surface area contributed by atoms with Gasteiger partial charge in [-0.2, -0.15) is 0 Å². The molecule has 1 amide bonds. The highest BCUT2D eigenvalue weighted by atomic mass is 32.2. The van der Waals surface area contributed by atoms with Gasteiger partial charge in [-0.3, -0.25) is 19.0 Å². The predicted molar refractivity (Wildman–Crippen MR) is 124 cm³/mol. The lowest BCUT2D eigenvalue weighted by atomic mass is 10.1. The minimum Gasteiger partial charge on any atom is -0.326 e. The summed E-state index contributed by atoms with van der Waals surface area (Å²) in [6.07, 6.45) is 0. The number of nitrogens with one attached hydrogen (secondary N) is 1. The van der Waals surface area contributed by atoms with Crippen LogP contribution in [0.25, 0.3) is 10.2 Å². The number of anilines is 1. The number of ketones is 1. The molecule has 1 atom stereocenters. The molecule has 1 unspecified atom stereocenters. The van der Waals surface area contributed by atoms with Crippen molar-refractivity contribution >= 4 is 50.7 Å². The highest BCUT2D eigenvalue weighted by Gasteiger charge is 2.23. The van der Waals surface area contributed by atoms with E-state index < -0.39 is 5.25 Å². The summed E-state index contributed by atoms with van der Waals surface area (Å²) in [6.45, 7) is 11.1. The number of benzene rings is 1. The van der Waals surface area contributed by atoms with Crippen molar-refractivity contribution in [3.63, 3.8) is 0 Å². The van der Waals surface area contributed by atoms with Gasteiger partial charge in [-0.1, -0.05) is 11.8 Å². The molecule has 0 aliphatic carbocycles. The number of thioether (sulfide) groups is 1. The third kappa shape index (κ3) is 4.34. The first-order valence-electron chi connectivity index (χ1n) is 9.71. The van der Waals surface area contributed by atoms with Crippen LogP contribution in [0, 0.1) is 13.8 Å². The number of nitrogens with zero attached hydrogens (tertiary/aromatic N) is 2. The Balaban J connectivity index is 1.93. The van der Waals surface area contributed by atoms with Gasteiger partial charge < -0.3 is 5.32 Å². The van der Waals surface area contributed by atoms with E-state index in [1.807, 2.05) is 34.6 Å². The van der Waals surface area contributed by atoms with E-state index in [1.54, 1.807) is 28.8 Å². The number of amides is 1. The van der Waals surface area contributed by atoms with Crippen molar-refractivity contribution in [2.45, 2.75) is 58.0 Å². The van der Waals surface area contributed by atoms with Crippen molar-refractivity contribution < 1.29 is 9.59 Å². The Morgan fingerprint density at radius 3 is 2.33 bits per heavy atom. The molecule has 8 heteroatoms. The lowest BCUT2D eigenvalue weighted by Crippen LogP contribution is -2.26. The summed E-state index contributed by atoms with van der Waals surface area (Å²) in [5, 5.41) is 3.49. The minimum atomic E-state index is -0.423. The molecule has 0 saturated heterocycles. The van der Waals surface area contributed by atoms with Crippen molar-refractivity contribution in [1.29, 1.82) is 0 Å². The second-order valence-electron chi connectivity index (χ2n) is 7.51. The van der Waals surface area contributed by atoms with Crippen molar-refractivity contribution in [3.8, 4) is 0 Å². The summed E-state index contributed by atoms with van der Waals surface area (Å²) in [4.78, 5) is 43.8. The normalized spacial score (nSPS) is 12.4. The molecular weight excluding hydrogens is 418 g/mol. The molecule has 0 aliphatic rings. The third-order valence-electron chi connectivity index (χ3n) is 4.86. The number of carbonyl (C=O) groups is 2. The summed E-state index contributed by atoms with van der Waals surface area (Å²) < 4.78 is 1.68. The van der Waals surface area contributed by atoms with Gasteiger partial charge in [-0.05, 0) is 64.4 Å². The zero-order chi connectivity index (χ0) is 22.2. The van der Waals surface area contributed by atoms with Gasteiger partial charge in [0.15, 0.2) is 10.9 Å². The largest absolute Gasteiger partial charge is 0.326 e. The first kappa shape index (κ1) is 22.2. The van der Waals surface area contributed by atoms with Crippen molar-refractivity contribution in [3.05, 3.63) is 50.6 Å². The maximum atomic E-state index is 13.2. The fraction of sp³-hybridized carbons (Fsp3) is 0.364. The van der Waals surface area contributed by atoms with Gasteiger partial charge in [0, 0.05) is 29.1 Å². The van der Waals surface area contributed by atoms with Gasteiger partial charge in [0.05, 0.1) is 10.6 Å². The van der Waals surface area contributed by atoms with Gasteiger partial charge in [0.25, 0.3) is 5.56 Å². The molecule has 0 bridgehead atoms. The third-order valence-corrected chi connectivity index (χ3v) is 7.03. The Morgan fingerprint density at radius 2 is 1.77 bits per heavy atom. The van der Waals surface area contributed by atoms with Crippen LogP contribution in [-0.4, -0.2) is 26.5 Å². The molecular formula is C22H25N3O3S2. The molecule has 6 nitrogen and oxygen atoms in total. The van der Waals surface area contributed by atoms with E-state index in [-0.39, 0.29) is 23.3 Å². The molecule has 30 heavy (non-hydrogen) atoms. The standard InChI is InChI=1S/C22H25N3O3S2/c1-11(2)25-21(28)18-12(3)13(4)29-20(18)24-22(25)30-14(5)19(27)16-7-9-17(10-8-16)23-15(6)26/h7-11,14H,1-6H3,(H,23,26). The number of Topliss-reactive ketones (excluding diaryl/α,β-unsaturated/α-hetero) is 1. The Bertz CT molecular complexity index is 1180. The molecule has 3 rings (SSSR count). The zero-order valence-corrected chi connectivity index (χ0v) is 19.5. The van der Waals surface area contributed by atoms with E-state index in [0.29, 0.717) is 26.6 Å². The van der Waals surface area contributed by atoms with E-state index in [4.69, 9.17) is 4.98 Å². The highest BCUT2D eigenvalue weighted by Crippen LogP contribution is 2.31. The molecule has 158 valence electrons. The first-order valence-corrected chi connectivity index (χ1v) is 11.4. The minimum absolute atomic E-state index is 0.0568. The average molecular weight is 444 g/mol. The van der Waals surface area contributed by atoms with Crippen LogP contribution >= 0.6 is 23.1 Å². The van der Waals surface area contributed by atoms with E-state index in [9.17, 15) is 14.4 Å². The monoisotopic (exact) mass is 443 g/mol. The molecule has 0 spiro atoms. The van der Waals surface area contributed by atoms with Crippen molar-refractivity contribution in [2.24, 2.45) is 0 Å². The van der Waals surface area contributed by atoms with Crippen LogP contribution in [0.5, 0.6) is 0 Å². The molecule has 2 aromatic heterocycles. The maximum absolute atomic E-state index is 13.2. The van der Waals surface area contributed by atoms with Crippen molar-refractivity contribution in [1.82, 2.24) is 9.55 Å². The lowest BCUT2D eigenvalue weighted by Gasteiger charge is -2.18. The van der Waals surface area contributed by atoms with Crippen LogP contribution in [0.4, 0.5) is 5.69 Å². The van der Waals surface area contributed by atoms with Crippen LogP contribution in [0.1, 0.15) is 54.5 Å². The number of fused-ring (bicyclic) bond motifs is 1. The number of aromatic nitrogens is 2. The highest BCUT2D eigenvalue weighted by molar-refractivity contribution is 8.00. The maximum Gasteiger partial charge on any atom is 0.263 e. The van der Waals surface area contributed by atoms with Crippen molar-refractivity contribution in [2.75, 3.05) is 5.32 Å². The topological polar surface area (TPSA) is 81.1 Å². The summed E-state index contributed by atoms with van der Waals surface area (Å²) in [7, 11) is 0. The van der Waals surface area contributed by atoms with Crippen LogP contribution < -0.4 is 10.9 Å². The predicted octanol–water partition coefficient (Wildman–Crippen LogP) is 4.98. The summed E-state index contributed by atoms with van der Waals surface area (Å²) >= 11 is 2.81. The molecule has 0 radical (unpaired) electrons. The summed E-state index contributed by atoms with van der Waals surface area (Å²) in [6, 6.07) is 6.73. The quantitative estimate of drug-likeness (QED) is 0.330. The van der Waals surface area contributed by atoms with Crippen LogP contribution in [0.15, 0.2) is 34.2 Å². The van der Waals surface area contributed by atoms with Gasteiger partial charge in [-0.25, -0.2) is 4.98 Å². The summed E-state index contributed by atoms with van der Waals surface area (Å²) in [5.74, 6) is -0.220. The molecule has 1 aromatic carbocycles. The van der Waals surface area contributed by atoms with Crippen LogP contribution in [-0.2, 0) is 4.79 Å².